The highest BCUT2D eigenvalue weighted by Crippen LogP contribution is 2.41. The number of hydrogen-bond acceptors (Lipinski definition) is 2. The van der Waals surface area contributed by atoms with Crippen molar-refractivity contribution in [2.75, 3.05) is 6.54 Å². The predicted molar refractivity (Wildman–Crippen MR) is 92.7 cm³/mol. The molecule has 0 aromatic heterocycles. The fourth-order valence-corrected chi connectivity index (χ4v) is 3.31. The number of carbonyl (C=O) groups excluding carboxylic acids is 1. The number of ketones is 1. The van der Waals surface area contributed by atoms with Crippen LogP contribution in [0.2, 0.25) is 0 Å². The summed E-state index contributed by atoms with van der Waals surface area (Å²) in [5, 5.41) is 3.64. The molecule has 3 heteroatoms. The summed E-state index contributed by atoms with van der Waals surface area (Å²) < 4.78 is 13.3. The summed E-state index contributed by atoms with van der Waals surface area (Å²) in [6.07, 6.45) is 4.15. The molecule has 0 bridgehead atoms. The molecule has 2 aliphatic rings. The van der Waals surface area contributed by atoms with Crippen LogP contribution in [0.15, 0.2) is 48.5 Å². The molecule has 2 aromatic rings. The number of halogens is 1. The third kappa shape index (κ3) is 3.73. The van der Waals surface area contributed by atoms with Gasteiger partial charge < -0.3 is 5.32 Å². The van der Waals surface area contributed by atoms with Crippen molar-refractivity contribution in [2.24, 2.45) is 5.92 Å². The zero-order chi connectivity index (χ0) is 16.5. The van der Waals surface area contributed by atoms with E-state index in [1.807, 2.05) is 18.2 Å². The molecule has 124 valence electrons. The van der Waals surface area contributed by atoms with Crippen LogP contribution >= 0.6 is 0 Å². The Hall–Kier alpha value is -2.00. The molecule has 0 aliphatic heterocycles. The van der Waals surface area contributed by atoms with Gasteiger partial charge in [-0.2, -0.15) is 0 Å². The van der Waals surface area contributed by atoms with Gasteiger partial charge in [-0.25, -0.2) is 4.39 Å². The fraction of sp³-hybridized carbons (Fsp3) is 0.381. The summed E-state index contributed by atoms with van der Waals surface area (Å²) in [5.41, 5.74) is 2.69. The number of benzene rings is 2. The number of carbonyl (C=O) groups is 1. The number of nitrogens with one attached hydrogen (secondary N) is 1. The minimum Gasteiger partial charge on any atom is -0.313 e. The van der Waals surface area contributed by atoms with E-state index in [1.54, 1.807) is 12.1 Å². The highest BCUT2D eigenvalue weighted by Gasteiger charge is 2.39. The molecule has 0 spiro atoms. The first-order chi connectivity index (χ1) is 11.7. The second-order valence-electron chi connectivity index (χ2n) is 7.16. The second kappa shape index (κ2) is 6.48. The maximum absolute atomic E-state index is 13.3. The third-order valence-corrected chi connectivity index (χ3v) is 5.05. The van der Waals surface area contributed by atoms with Gasteiger partial charge in [-0.3, -0.25) is 4.79 Å². The van der Waals surface area contributed by atoms with Gasteiger partial charge in [-0.1, -0.05) is 30.3 Å². The summed E-state index contributed by atoms with van der Waals surface area (Å²) in [6.45, 7) is 1.14. The minimum absolute atomic E-state index is 0.0468. The Labute approximate surface area is 142 Å². The monoisotopic (exact) mass is 323 g/mol. The van der Waals surface area contributed by atoms with E-state index in [0.717, 1.165) is 30.0 Å². The van der Waals surface area contributed by atoms with E-state index in [1.165, 1.54) is 30.5 Å². The molecule has 2 atom stereocenters. The van der Waals surface area contributed by atoms with Crippen molar-refractivity contribution in [3.8, 4) is 0 Å². The van der Waals surface area contributed by atoms with Crippen LogP contribution in [0.5, 0.6) is 0 Å². The molecule has 2 fully saturated rings. The Morgan fingerprint density at radius 2 is 1.96 bits per heavy atom. The van der Waals surface area contributed by atoms with Gasteiger partial charge in [0.15, 0.2) is 5.78 Å². The molecule has 2 nitrogen and oxygen atoms in total. The van der Waals surface area contributed by atoms with Crippen molar-refractivity contribution in [1.82, 2.24) is 5.32 Å². The molecule has 24 heavy (non-hydrogen) atoms. The Morgan fingerprint density at radius 1 is 1.12 bits per heavy atom. The van der Waals surface area contributed by atoms with Crippen LogP contribution < -0.4 is 5.32 Å². The normalized spacial score (nSPS) is 22.4. The minimum atomic E-state index is -0.295. The van der Waals surface area contributed by atoms with Gasteiger partial charge >= 0.3 is 0 Å². The Balaban J connectivity index is 1.39. The van der Waals surface area contributed by atoms with E-state index in [9.17, 15) is 9.18 Å². The first kappa shape index (κ1) is 15.5. The van der Waals surface area contributed by atoms with Crippen LogP contribution in [-0.2, 0) is 6.42 Å². The molecule has 2 unspecified atom stereocenters. The van der Waals surface area contributed by atoms with Crippen molar-refractivity contribution < 1.29 is 9.18 Å². The van der Waals surface area contributed by atoms with Gasteiger partial charge in [-0.05, 0) is 61.1 Å². The van der Waals surface area contributed by atoms with Crippen LogP contribution in [0.1, 0.15) is 46.7 Å². The first-order valence-corrected chi connectivity index (χ1v) is 8.80. The summed E-state index contributed by atoms with van der Waals surface area (Å²) >= 11 is 0. The van der Waals surface area contributed by atoms with Crippen molar-refractivity contribution in [1.29, 1.82) is 0 Å². The van der Waals surface area contributed by atoms with Crippen LogP contribution in [-0.4, -0.2) is 18.4 Å². The predicted octanol–water partition coefficient (Wildman–Crippen LogP) is 4.11. The SMILES string of the molecule is O=C(Cc1cccc(F)c1)c1cccc(C2CC2NCC2CC2)c1. The smallest absolute Gasteiger partial charge is 0.167 e. The maximum atomic E-state index is 13.3. The van der Waals surface area contributed by atoms with Gasteiger partial charge in [0.2, 0.25) is 0 Å². The van der Waals surface area contributed by atoms with E-state index in [-0.39, 0.29) is 18.0 Å². The average molecular weight is 323 g/mol. The first-order valence-electron chi connectivity index (χ1n) is 8.80. The van der Waals surface area contributed by atoms with Gasteiger partial charge in [-0.15, -0.1) is 0 Å². The Morgan fingerprint density at radius 3 is 2.75 bits per heavy atom. The summed E-state index contributed by atoms with van der Waals surface area (Å²) in [6, 6.07) is 14.8. The molecular formula is C21H22FNO. The average Bonchev–Trinajstić information content (AvgIpc) is 3.47. The molecular weight excluding hydrogens is 301 g/mol. The molecule has 2 aliphatic carbocycles. The highest BCUT2D eigenvalue weighted by atomic mass is 19.1. The number of rotatable bonds is 7. The van der Waals surface area contributed by atoms with Crippen molar-refractivity contribution in [2.45, 2.75) is 37.6 Å². The summed E-state index contributed by atoms with van der Waals surface area (Å²) in [5.74, 6) is 1.18. The number of Topliss-reactive ketones (excluding diaryl/α,β-unsaturated/α-hetero) is 1. The molecule has 0 radical (unpaired) electrons. The van der Waals surface area contributed by atoms with Gasteiger partial charge in [0, 0.05) is 23.9 Å². The van der Waals surface area contributed by atoms with Crippen LogP contribution in [0.25, 0.3) is 0 Å². The zero-order valence-corrected chi connectivity index (χ0v) is 13.7. The lowest BCUT2D eigenvalue weighted by atomic mass is 9.99. The van der Waals surface area contributed by atoms with Gasteiger partial charge in [0.25, 0.3) is 0 Å². The Bertz CT molecular complexity index is 753. The van der Waals surface area contributed by atoms with Crippen molar-refractivity contribution >= 4 is 5.78 Å². The second-order valence-corrected chi connectivity index (χ2v) is 7.16. The van der Waals surface area contributed by atoms with Crippen LogP contribution in [0.3, 0.4) is 0 Å². The Kier molecular flexibility index (Phi) is 4.19. The van der Waals surface area contributed by atoms with Crippen molar-refractivity contribution in [3.63, 3.8) is 0 Å². The lowest BCUT2D eigenvalue weighted by Crippen LogP contribution is -2.20. The standard InChI is InChI=1S/C21H22FNO/c22-18-6-1-3-15(9-18)10-21(24)17-5-2-4-16(11-17)19-12-20(19)23-13-14-7-8-14/h1-6,9,11,14,19-20,23H,7-8,10,12-13H2. The fourth-order valence-electron chi connectivity index (χ4n) is 3.31. The summed E-state index contributed by atoms with van der Waals surface area (Å²) in [7, 11) is 0. The summed E-state index contributed by atoms with van der Waals surface area (Å²) in [4.78, 5) is 12.5. The van der Waals surface area contributed by atoms with E-state index >= 15 is 0 Å². The molecule has 2 saturated carbocycles. The third-order valence-electron chi connectivity index (χ3n) is 5.05. The quantitative estimate of drug-likeness (QED) is 0.777. The topological polar surface area (TPSA) is 29.1 Å². The van der Waals surface area contributed by atoms with E-state index in [4.69, 9.17) is 0 Å². The largest absolute Gasteiger partial charge is 0.313 e. The van der Waals surface area contributed by atoms with E-state index in [2.05, 4.69) is 11.4 Å². The van der Waals surface area contributed by atoms with E-state index in [0.29, 0.717) is 12.0 Å². The molecule has 0 heterocycles. The van der Waals surface area contributed by atoms with E-state index < -0.39 is 0 Å². The molecule has 4 rings (SSSR count). The van der Waals surface area contributed by atoms with Gasteiger partial charge in [0.1, 0.15) is 5.82 Å². The van der Waals surface area contributed by atoms with Crippen molar-refractivity contribution in [3.05, 3.63) is 71.0 Å². The molecule has 2 aromatic carbocycles. The molecule has 0 saturated heterocycles. The lowest BCUT2D eigenvalue weighted by Gasteiger charge is -2.06. The molecule has 1 N–H and O–H groups in total. The lowest BCUT2D eigenvalue weighted by molar-refractivity contribution is 0.0993. The van der Waals surface area contributed by atoms with Gasteiger partial charge in [0.05, 0.1) is 0 Å². The van der Waals surface area contributed by atoms with Crippen LogP contribution in [0, 0.1) is 11.7 Å². The number of hydrogen-bond donors (Lipinski definition) is 1. The maximum Gasteiger partial charge on any atom is 0.167 e. The molecule has 0 amide bonds. The highest BCUT2D eigenvalue weighted by molar-refractivity contribution is 5.97. The van der Waals surface area contributed by atoms with Crippen LogP contribution in [0.4, 0.5) is 4.39 Å². The zero-order valence-electron chi connectivity index (χ0n) is 13.7.